The molecule has 0 aromatic carbocycles. The summed E-state index contributed by atoms with van der Waals surface area (Å²) in [6.07, 6.45) is 0.975. The molecule has 20 heavy (non-hydrogen) atoms. The van der Waals surface area contributed by atoms with Gasteiger partial charge in [-0.2, -0.15) is 0 Å². The highest BCUT2D eigenvalue weighted by atomic mass is 32.1. The van der Waals surface area contributed by atoms with E-state index in [4.69, 9.17) is 0 Å². The number of amides is 3. The van der Waals surface area contributed by atoms with Crippen molar-refractivity contribution in [3.63, 3.8) is 0 Å². The van der Waals surface area contributed by atoms with Crippen LogP contribution < -0.4 is 10.6 Å². The van der Waals surface area contributed by atoms with Crippen LogP contribution in [0.15, 0.2) is 11.4 Å². The number of nitrogens with one attached hydrogen (secondary N) is 2. The van der Waals surface area contributed by atoms with Crippen LogP contribution in [-0.2, 0) is 11.2 Å². The second-order valence-corrected chi connectivity index (χ2v) is 6.37. The first kappa shape index (κ1) is 15.0. The second kappa shape index (κ2) is 6.37. The summed E-state index contributed by atoms with van der Waals surface area (Å²) in [5, 5.41) is 7.11. The lowest BCUT2D eigenvalue weighted by Gasteiger charge is -2.32. The highest BCUT2D eigenvalue weighted by molar-refractivity contribution is 7.10. The van der Waals surface area contributed by atoms with Gasteiger partial charge in [-0.1, -0.05) is 0 Å². The standard InChI is InChI=1S/C14H21N3O2S/c1-9(2)15-14(19)16-13(18)8-17-6-4-12-11(10(17)3)5-7-20-12/h5,7,9-10H,4,6,8H2,1-3H3,(H2,15,16,18,19)/t10-/m1/s1. The lowest BCUT2D eigenvalue weighted by atomic mass is 10.0. The molecule has 3 amide bonds. The summed E-state index contributed by atoms with van der Waals surface area (Å²) in [5.74, 6) is -0.256. The van der Waals surface area contributed by atoms with Crippen LogP contribution in [0.3, 0.4) is 0 Å². The van der Waals surface area contributed by atoms with Gasteiger partial charge in [0.2, 0.25) is 5.91 Å². The first-order valence-corrected chi connectivity index (χ1v) is 7.76. The SMILES string of the molecule is CC(C)NC(=O)NC(=O)CN1CCc2sccc2[C@H]1C. The molecule has 1 aromatic rings. The van der Waals surface area contributed by atoms with Gasteiger partial charge in [0.05, 0.1) is 6.54 Å². The molecule has 0 saturated carbocycles. The number of hydrogen-bond donors (Lipinski definition) is 2. The number of rotatable bonds is 3. The first-order valence-electron chi connectivity index (χ1n) is 6.88. The molecule has 0 unspecified atom stereocenters. The number of imide groups is 1. The van der Waals surface area contributed by atoms with Crippen molar-refractivity contribution in [2.75, 3.05) is 13.1 Å². The zero-order valence-corrected chi connectivity index (χ0v) is 12.9. The Morgan fingerprint density at radius 2 is 2.25 bits per heavy atom. The zero-order chi connectivity index (χ0) is 14.7. The third-order valence-corrected chi connectivity index (χ3v) is 4.42. The van der Waals surface area contributed by atoms with Gasteiger partial charge in [0.15, 0.2) is 0 Å². The molecule has 0 radical (unpaired) electrons. The van der Waals surface area contributed by atoms with E-state index in [1.54, 1.807) is 11.3 Å². The Morgan fingerprint density at radius 3 is 2.95 bits per heavy atom. The maximum Gasteiger partial charge on any atom is 0.321 e. The normalized spacial score (nSPS) is 18.7. The third kappa shape index (κ3) is 3.58. The van der Waals surface area contributed by atoms with Gasteiger partial charge in [0, 0.05) is 23.5 Å². The van der Waals surface area contributed by atoms with E-state index in [9.17, 15) is 9.59 Å². The Hall–Kier alpha value is -1.40. The fourth-order valence-corrected chi connectivity index (χ4v) is 3.39. The van der Waals surface area contributed by atoms with Gasteiger partial charge in [0.1, 0.15) is 0 Å². The summed E-state index contributed by atoms with van der Waals surface area (Å²) in [6, 6.07) is 1.94. The monoisotopic (exact) mass is 295 g/mol. The van der Waals surface area contributed by atoms with Crippen LogP contribution >= 0.6 is 11.3 Å². The van der Waals surface area contributed by atoms with Gasteiger partial charge in [-0.15, -0.1) is 11.3 Å². The van der Waals surface area contributed by atoms with Gasteiger partial charge in [-0.05, 0) is 44.2 Å². The van der Waals surface area contributed by atoms with E-state index in [0.29, 0.717) is 0 Å². The number of carbonyl (C=O) groups is 2. The van der Waals surface area contributed by atoms with Gasteiger partial charge in [0.25, 0.3) is 0 Å². The number of carbonyl (C=O) groups excluding carboxylic acids is 2. The second-order valence-electron chi connectivity index (χ2n) is 5.37. The maximum absolute atomic E-state index is 11.9. The molecule has 0 aliphatic carbocycles. The van der Waals surface area contributed by atoms with E-state index in [0.717, 1.165) is 13.0 Å². The number of nitrogens with zero attached hydrogens (tertiary/aromatic N) is 1. The molecule has 0 saturated heterocycles. The minimum Gasteiger partial charge on any atom is -0.336 e. The average Bonchev–Trinajstić information content (AvgIpc) is 2.80. The van der Waals surface area contributed by atoms with Crippen molar-refractivity contribution in [1.29, 1.82) is 0 Å². The first-order chi connectivity index (χ1) is 9.47. The average molecular weight is 295 g/mol. The minimum absolute atomic E-state index is 0.0186. The third-order valence-electron chi connectivity index (χ3n) is 3.42. The zero-order valence-electron chi connectivity index (χ0n) is 12.1. The van der Waals surface area contributed by atoms with Gasteiger partial charge >= 0.3 is 6.03 Å². The van der Waals surface area contributed by atoms with Crippen molar-refractivity contribution in [3.8, 4) is 0 Å². The van der Waals surface area contributed by atoms with Crippen LogP contribution in [-0.4, -0.2) is 36.0 Å². The van der Waals surface area contributed by atoms with E-state index >= 15 is 0 Å². The highest BCUT2D eigenvalue weighted by Gasteiger charge is 2.26. The molecule has 0 fully saturated rings. The van der Waals surface area contributed by atoms with Crippen molar-refractivity contribution < 1.29 is 9.59 Å². The number of fused-ring (bicyclic) bond motifs is 1. The molecule has 1 atom stereocenters. The molecule has 110 valence electrons. The van der Waals surface area contributed by atoms with E-state index in [1.807, 2.05) is 13.8 Å². The van der Waals surface area contributed by atoms with Crippen LogP contribution in [0.4, 0.5) is 4.79 Å². The molecular formula is C14H21N3O2S. The van der Waals surface area contributed by atoms with Gasteiger partial charge < -0.3 is 5.32 Å². The van der Waals surface area contributed by atoms with E-state index in [-0.39, 0.29) is 24.5 Å². The van der Waals surface area contributed by atoms with Crippen molar-refractivity contribution in [1.82, 2.24) is 15.5 Å². The highest BCUT2D eigenvalue weighted by Crippen LogP contribution is 2.32. The summed E-state index contributed by atoms with van der Waals surface area (Å²) < 4.78 is 0. The molecule has 1 aromatic heterocycles. The molecule has 2 heterocycles. The topological polar surface area (TPSA) is 61.4 Å². The lowest BCUT2D eigenvalue weighted by molar-refractivity contribution is -0.121. The Balaban J connectivity index is 1.88. The van der Waals surface area contributed by atoms with Crippen LogP contribution in [0.5, 0.6) is 0 Å². The molecule has 0 bridgehead atoms. The van der Waals surface area contributed by atoms with E-state index in [2.05, 4.69) is 33.9 Å². The van der Waals surface area contributed by atoms with Crippen LogP contribution in [0.25, 0.3) is 0 Å². The number of hydrogen-bond acceptors (Lipinski definition) is 4. The molecule has 1 aliphatic rings. The lowest BCUT2D eigenvalue weighted by Crippen LogP contribution is -2.47. The minimum atomic E-state index is -0.425. The summed E-state index contributed by atoms with van der Waals surface area (Å²) >= 11 is 1.78. The van der Waals surface area contributed by atoms with Crippen LogP contribution in [0.2, 0.25) is 0 Å². The Bertz CT molecular complexity index is 498. The fourth-order valence-electron chi connectivity index (χ4n) is 2.43. The van der Waals surface area contributed by atoms with Gasteiger partial charge in [-0.3, -0.25) is 15.0 Å². The molecule has 2 N–H and O–H groups in total. The van der Waals surface area contributed by atoms with Crippen molar-refractivity contribution in [3.05, 3.63) is 21.9 Å². The quantitative estimate of drug-likeness (QED) is 0.895. The Labute approximate surface area is 123 Å². The summed E-state index contributed by atoms with van der Waals surface area (Å²) in [6.45, 7) is 6.92. The largest absolute Gasteiger partial charge is 0.336 e. The maximum atomic E-state index is 11.9. The molecule has 1 aliphatic heterocycles. The molecule has 2 rings (SSSR count). The van der Waals surface area contributed by atoms with Crippen molar-refractivity contribution >= 4 is 23.3 Å². The van der Waals surface area contributed by atoms with E-state index in [1.165, 1.54) is 10.4 Å². The molecule has 5 nitrogen and oxygen atoms in total. The smallest absolute Gasteiger partial charge is 0.321 e. The summed E-state index contributed by atoms with van der Waals surface area (Å²) in [7, 11) is 0. The summed E-state index contributed by atoms with van der Waals surface area (Å²) in [4.78, 5) is 26.9. The predicted octanol–water partition coefficient (Wildman–Crippen LogP) is 1.90. The molecule has 0 spiro atoms. The van der Waals surface area contributed by atoms with Gasteiger partial charge in [-0.25, -0.2) is 4.79 Å². The van der Waals surface area contributed by atoms with Crippen molar-refractivity contribution in [2.24, 2.45) is 0 Å². The Kier molecular flexibility index (Phi) is 4.77. The molecular weight excluding hydrogens is 274 g/mol. The summed E-state index contributed by atoms with van der Waals surface area (Å²) in [5.41, 5.74) is 1.31. The predicted molar refractivity (Wildman–Crippen MR) is 79.8 cm³/mol. The fraction of sp³-hybridized carbons (Fsp3) is 0.571. The van der Waals surface area contributed by atoms with Crippen LogP contribution in [0.1, 0.15) is 37.3 Å². The molecule has 6 heteroatoms. The Morgan fingerprint density at radius 1 is 1.50 bits per heavy atom. The number of thiophene rings is 1. The van der Waals surface area contributed by atoms with Crippen molar-refractivity contribution in [2.45, 2.75) is 39.3 Å². The number of urea groups is 1. The van der Waals surface area contributed by atoms with Crippen LogP contribution in [0, 0.1) is 0 Å². The van der Waals surface area contributed by atoms with E-state index < -0.39 is 6.03 Å².